The monoisotopic (exact) mass is 1960 g/mol. The molecule has 0 bridgehead atoms. The Morgan fingerprint density at radius 3 is 1.38 bits per heavy atom. The van der Waals surface area contributed by atoms with Gasteiger partial charge in [-0.1, -0.05) is 85.7 Å². The number of hydrogen-bond acceptors (Lipinski definition) is 27. The van der Waals surface area contributed by atoms with Crippen LogP contribution in [0.1, 0.15) is 144 Å². The molecule has 1 fully saturated rings. The minimum Gasteiger partial charge on any atom is -0.508 e. The van der Waals surface area contributed by atoms with E-state index in [4.69, 9.17) is 17.2 Å². The van der Waals surface area contributed by atoms with E-state index in [9.17, 15) is 121 Å². The van der Waals surface area contributed by atoms with E-state index >= 15 is 0 Å². The number of aromatic nitrogens is 5. The number of amides is 20. The van der Waals surface area contributed by atoms with Gasteiger partial charge in [-0.3, -0.25) is 95.9 Å². The van der Waals surface area contributed by atoms with E-state index in [1.54, 1.807) is 85.9 Å². The summed E-state index contributed by atoms with van der Waals surface area (Å²) in [6.07, 6.45) is 2.93. The number of hydrogen-bond donors (Lipinski definition) is 27. The van der Waals surface area contributed by atoms with Gasteiger partial charge in [-0.05, 0) is 106 Å². The Hall–Kier alpha value is -15.0. The van der Waals surface area contributed by atoms with Crippen LogP contribution in [0.3, 0.4) is 0 Å². The molecule has 1 saturated heterocycles. The summed E-state index contributed by atoms with van der Waals surface area (Å²) in [5.41, 5.74) is 18.8. The second-order valence-corrected chi connectivity index (χ2v) is 35.6. The van der Waals surface area contributed by atoms with Crippen LogP contribution in [-0.4, -0.2) is 310 Å². The van der Waals surface area contributed by atoms with Crippen molar-refractivity contribution in [1.82, 2.24) is 120 Å². The van der Waals surface area contributed by atoms with Gasteiger partial charge in [0.05, 0.1) is 64.4 Å². The lowest BCUT2D eigenvalue weighted by atomic mass is 9.99. The molecular formula is C89H130N26O25. The van der Waals surface area contributed by atoms with Crippen molar-refractivity contribution in [2.24, 2.45) is 40.9 Å². The van der Waals surface area contributed by atoms with Crippen LogP contribution < -0.4 is 108 Å². The van der Waals surface area contributed by atoms with Crippen LogP contribution in [0.5, 0.6) is 5.75 Å². The number of nitrogens with one attached hydrogen (secondary N) is 20. The third-order valence-corrected chi connectivity index (χ3v) is 22.1. The Balaban J connectivity index is 1.04. The third-order valence-electron chi connectivity index (χ3n) is 22.1. The molecule has 30 N–H and O–H groups in total. The first-order chi connectivity index (χ1) is 66.0. The number of nitrogens with zero attached hydrogens (tertiary/aromatic N) is 3. The zero-order valence-corrected chi connectivity index (χ0v) is 79.5. The van der Waals surface area contributed by atoms with Gasteiger partial charge in [0, 0.05) is 73.1 Å². The maximum absolute atomic E-state index is 14.6. The first-order valence-electron chi connectivity index (χ1n) is 45.5. The molecule has 20 amide bonds. The first kappa shape index (κ1) is 114. The number of rotatable bonds is 57. The number of fused-ring (bicyclic) bond motifs is 1. The van der Waals surface area contributed by atoms with Gasteiger partial charge in [-0.2, -0.15) is 0 Å². The van der Waals surface area contributed by atoms with Crippen molar-refractivity contribution in [1.29, 1.82) is 0 Å². The maximum Gasteiger partial charge on any atom is 0.326 e. The average Bonchev–Trinajstić information content (AvgIpc) is 1.68. The Bertz CT molecular complexity index is 5160. The van der Waals surface area contributed by atoms with Gasteiger partial charge in [0.25, 0.3) is 0 Å². The molecule has 1 aliphatic rings. The lowest BCUT2D eigenvalue weighted by Crippen LogP contribution is -2.62. The summed E-state index contributed by atoms with van der Waals surface area (Å²) >= 11 is 0. The molecule has 766 valence electrons. The molecule has 16 atom stereocenters. The van der Waals surface area contributed by atoms with Crippen molar-refractivity contribution in [2.45, 2.75) is 244 Å². The maximum atomic E-state index is 14.6. The number of aromatic amines is 3. The number of phenolic OH excluding ortho intramolecular Hbond substituents is 1. The number of imidazole rings is 2. The minimum atomic E-state index is -1.91. The molecule has 51 heteroatoms. The van der Waals surface area contributed by atoms with Crippen LogP contribution >= 0.6 is 0 Å². The van der Waals surface area contributed by atoms with E-state index in [-0.39, 0.29) is 87.8 Å². The number of phenols is 1. The Morgan fingerprint density at radius 2 is 0.864 bits per heavy atom. The number of aliphatic hydroxyl groups is 2. The second kappa shape index (κ2) is 55.4. The normalized spacial score (nSPS) is 15.6. The molecular weight excluding hydrogens is 1830 g/mol. The zero-order valence-electron chi connectivity index (χ0n) is 79.5. The Morgan fingerprint density at radius 1 is 0.436 bits per heavy atom. The molecule has 5 aromatic rings. The summed E-state index contributed by atoms with van der Waals surface area (Å²) in [7, 11) is 0. The molecule has 1 aliphatic heterocycles. The fourth-order valence-electron chi connectivity index (χ4n) is 14.8. The molecule has 140 heavy (non-hydrogen) atoms. The summed E-state index contributed by atoms with van der Waals surface area (Å²) in [5, 5.41) is 83.2. The number of carboxylic acid groups (broad SMARTS) is 1. The van der Waals surface area contributed by atoms with Gasteiger partial charge in [0.1, 0.15) is 96.4 Å². The number of aliphatic carboxylic acids is 1. The Kier molecular flexibility index (Phi) is 45.0. The second-order valence-electron chi connectivity index (χ2n) is 35.6. The quantitative estimate of drug-likeness (QED) is 0.0172. The van der Waals surface area contributed by atoms with Crippen molar-refractivity contribution in [3.05, 3.63) is 102 Å². The predicted octanol–water partition coefficient (Wildman–Crippen LogP) is -8.28. The molecule has 0 aliphatic carbocycles. The van der Waals surface area contributed by atoms with E-state index in [0.717, 1.165) is 17.8 Å². The minimum absolute atomic E-state index is 0.0157. The molecule has 2 aromatic carbocycles. The summed E-state index contributed by atoms with van der Waals surface area (Å²) in [5.74, 6) is -22.8. The SMILES string of the molecule is CC(C)C[C@H](NC(=O)[C@H](CC(C)C)NC(=O)[C@H](Cc1ccc(O)cc1)NC(=O)CNC(=O)[C@H](C)NC(=O)[C@H](CO)NC(=O)[C@H](CC(N)=O)NC(=O)[C@H](CC(C)C)NC(=O)[C@@H](NC(=O)[C@H](Cc1c[nH]c2ccccc12)NC(=O)CN)[C@@H](C)O)C(=O)NCC(=O)N1CCC[C@H]1C(=O)N[C@@H](Cc1cnc[nH]1)C(=O)N[C@@H](C)C(=O)N[C@H](C(=O)NCC(=O)N[C@@H](CC(N)=O)C(=O)N[C@@H](Cc1cnc[nH]1)C(=O)O)C(C)C. The number of likely N-dealkylation sites (tertiary alicyclic amines) is 1. The van der Waals surface area contributed by atoms with Gasteiger partial charge >= 0.3 is 5.97 Å². The molecule has 0 radical (unpaired) electrons. The summed E-state index contributed by atoms with van der Waals surface area (Å²) < 4.78 is 0. The van der Waals surface area contributed by atoms with Crippen LogP contribution in [0, 0.1) is 23.7 Å². The van der Waals surface area contributed by atoms with Crippen molar-refractivity contribution in [3.8, 4) is 5.75 Å². The molecule has 0 spiro atoms. The topological polar surface area (TPSA) is 798 Å². The highest BCUT2D eigenvalue weighted by atomic mass is 16.4. The lowest BCUT2D eigenvalue weighted by molar-refractivity contribution is -0.142. The molecule has 4 heterocycles. The van der Waals surface area contributed by atoms with E-state index in [1.807, 2.05) is 0 Å². The Labute approximate surface area is 804 Å². The highest BCUT2D eigenvalue weighted by Crippen LogP contribution is 2.23. The average molecular weight is 1960 g/mol. The van der Waals surface area contributed by atoms with Crippen LogP contribution in [0.15, 0.2) is 79.8 Å². The van der Waals surface area contributed by atoms with E-state index < -0.39 is 272 Å². The van der Waals surface area contributed by atoms with Crippen molar-refractivity contribution in [2.75, 3.05) is 39.3 Å². The number of H-pyrrole nitrogens is 3. The number of carbonyl (C=O) groups excluding carboxylic acids is 20. The van der Waals surface area contributed by atoms with E-state index in [0.29, 0.717) is 22.5 Å². The number of benzene rings is 2. The fraction of sp³-hybridized carbons (Fsp3) is 0.539. The van der Waals surface area contributed by atoms with Gasteiger partial charge in [0.15, 0.2) is 0 Å². The molecule has 0 unspecified atom stereocenters. The van der Waals surface area contributed by atoms with Crippen molar-refractivity contribution >= 4 is 135 Å². The predicted molar refractivity (Wildman–Crippen MR) is 497 cm³/mol. The number of carbonyl (C=O) groups is 21. The number of carboxylic acids is 1. The summed E-state index contributed by atoms with van der Waals surface area (Å²) in [4.78, 5) is 303. The van der Waals surface area contributed by atoms with Crippen LogP contribution in [0.2, 0.25) is 0 Å². The molecule has 3 aromatic heterocycles. The highest BCUT2D eigenvalue weighted by Gasteiger charge is 2.42. The standard InChI is InChI=1S/C89H130N26O25/c1-42(2)23-56(77(127)98-38-72(124)115-22-14-17-66(115)86(136)109-61(28-51-34-93-40-99-51)78(128)102-47(10)76(126)113-73(45(7)8)87(137)97-37-71(123)105-62(30-67(91)119)82(132)111-64(89(139)140)29-52-35-94-41-100-52)106-79(129)57(24-43(3)4)107-81(131)59(26-49-18-20-53(118)21-19-49)104-70(122)36-96-75(125)46(9)101-85(135)65(39-116)112-83(133)63(31-68(92)120)108-80(130)58(25-44(5)6)110-88(138)74(48(11)117)114-84(134)60(103-69(121)32-90)27-50-33-95-55-16-13-12-15-54(50)55/h12-13,15-16,18-21,33-35,40-48,56-66,73-74,95,116-118H,14,17,22-32,36-39,90H2,1-11H3,(H2,91,119)(H2,92,120)(H,93,99)(H,94,100)(H,96,125)(H,97,137)(H,98,127)(H,101,135)(H,102,128)(H,103,121)(H,104,122)(H,105,123)(H,106,129)(H,107,131)(H,108,130)(H,109,136)(H,110,138)(H,111,132)(H,112,133)(H,113,126)(H,114,134)(H,139,140)/t46-,47-,48+,56-,57-,58-,59-,60-,61-,62-,63-,64-,65-,66-,73-,74-/m0/s1. The van der Waals surface area contributed by atoms with Gasteiger partial charge in [-0.15, -0.1) is 0 Å². The number of nitrogens with two attached hydrogens (primary N) is 3. The fourth-order valence-corrected chi connectivity index (χ4v) is 14.8. The van der Waals surface area contributed by atoms with Gasteiger partial charge in [-0.25, -0.2) is 14.8 Å². The number of aromatic hydroxyl groups is 1. The van der Waals surface area contributed by atoms with Crippen LogP contribution in [0.25, 0.3) is 10.9 Å². The highest BCUT2D eigenvalue weighted by molar-refractivity contribution is 6.02. The largest absolute Gasteiger partial charge is 0.508 e. The van der Waals surface area contributed by atoms with Crippen LogP contribution in [0.4, 0.5) is 0 Å². The van der Waals surface area contributed by atoms with Crippen molar-refractivity contribution in [3.63, 3.8) is 0 Å². The van der Waals surface area contributed by atoms with E-state index in [2.05, 4.69) is 115 Å². The lowest BCUT2D eigenvalue weighted by Gasteiger charge is -2.28. The number of para-hydroxylation sites is 1. The zero-order chi connectivity index (χ0) is 104. The smallest absolute Gasteiger partial charge is 0.326 e. The molecule has 51 nitrogen and oxygen atoms in total. The molecule has 6 rings (SSSR count). The van der Waals surface area contributed by atoms with Crippen molar-refractivity contribution < 1.29 is 121 Å². The van der Waals surface area contributed by atoms with Gasteiger partial charge < -0.3 is 148 Å². The van der Waals surface area contributed by atoms with Gasteiger partial charge in [0.2, 0.25) is 118 Å². The number of primary amides is 2. The molecule has 0 saturated carbocycles. The third kappa shape index (κ3) is 37.1. The summed E-state index contributed by atoms with van der Waals surface area (Å²) in [6, 6.07) is -10.3. The number of aliphatic hydroxyl groups excluding tert-OH is 2. The first-order valence-corrected chi connectivity index (χ1v) is 45.5. The van der Waals surface area contributed by atoms with E-state index in [1.165, 1.54) is 68.1 Å². The van der Waals surface area contributed by atoms with Crippen LogP contribution in [-0.2, 0) is 126 Å². The summed E-state index contributed by atoms with van der Waals surface area (Å²) in [6.45, 7) is 13.0.